The fourth-order valence-corrected chi connectivity index (χ4v) is 23.1. The molecule has 0 aromatic heterocycles. The minimum atomic E-state index is -0.233. The van der Waals surface area contributed by atoms with Crippen molar-refractivity contribution >= 4 is 135 Å². The lowest BCUT2D eigenvalue weighted by molar-refractivity contribution is 0.0497. The van der Waals surface area contributed by atoms with Gasteiger partial charge in [-0.3, -0.25) is 0 Å². The van der Waals surface area contributed by atoms with Gasteiger partial charge in [0.25, 0.3) is 0 Å². The molecule has 0 N–H and O–H groups in total. The van der Waals surface area contributed by atoms with E-state index in [1.807, 2.05) is 12.1 Å². The van der Waals surface area contributed by atoms with E-state index in [0.29, 0.717) is 12.2 Å². The molecule has 0 saturated carbocycles. The Hall–Kier alpha value is -7.21. The highest BCUT2D eigenvalue weighted by Crippen LogP contribution is 2.61. The summed E-state index contributed by atoms with van der Waals surface area (Å²) in [6.45, 7) is 14.5. The van der Waals surface area contributed by atoms with Gasteiger partial charge in [0.1, 0.15) is 0 Å². The molecule has 2 nitrogen and oxygen atoms in total. The maximum atomic E-state index is 13.7. The van der Waals surface area contributed by atoms with Crippen LogP contribution in [0.25, 0.3) is 129 Å². The first-order valence-corrected chi connectivity index (χ1v) is 54.0. The van der Waals surface area contributed by atoms with E-state index in [4.69, 9.17) is 4.74 Å². The molecule has 0 aliphatic heterocycles. The number of hydrogen-bond donors (Lipinski definition) is 0. The molecule has 0 aliphatic carbocycles. The molecule has 0 spiro atoms. The van der Waals surface area contributed by atoms with E-state index < -0.39 is 0 Å². The summed E-state index contributed by atoms with van der Waals surface area (Å²) in [6, 6.07) is 40.8. The van der Waals surface area contributed by atoms with Crippen LogP contribution in [0.15, 0.2) is 97.1 Å². The van der Waals surface area contributed by atoms with Crippen molar-refractivity contribution in [3.8, 4) is 11.8 Å². The van der Waals surface area contributed by atoms with Crippen LogP contribution in [-0.4, -0.2) is 12.6 Å². The van der Waals surface area contributed by atoms with Crippen molar-refractivity contribution in [3.05, 3.63) is 142 Å². The second-order valence-corrected chi connectivity index (χ2v) is 40.3. The molecule has 0 radical (unpaired) electrons. The molecule has 0 amide bonds. The minimum Gasteiger partial charge on any atom is -0.462 e. The lowest BCUT2D eigenvalue weighted by Gasteiger charge is -2.30. The lowest BCUT2D eigenvalue weighted by atomic mass is 9.72. The van der Waals surface area contributed by atoms with Crippen LogP contribution in [0.3, 0.4) is 0 Å². The van der Waals surface area contributed by atoms with Crippen LogP contribution in [0.5, 0.6) is 0 Å². The van der Waals surface area contributed by atoms with Gasteiger partial charge in [0.05, 0.1) is 12.2 Å². The van der Waals surface area contributed by atoms with Crippen LogP contribution >= 0.6 is 0 Å². The molecular weight excluding hydrogens is 1510 g/mol. The average molecular weight is 1680 g/mol. The zero-order valence-electron chi connectivity index (χ0n) is 80.2. The Morgan fingerprint density at radius 3 is 0.560 bits per heavy atom. The number of aryl methyl sites for hydroxylation is 5. The SMILES string of the molecule is CCCCCCCCCCCCOC(=O)c1ccc(C#Cc2cc3c4cc(CCCCCCCCCCCC)cc5c6cc(CCCCCCCCCCCC)cc7c8cc(CCCCCCCCCCCC)cc9c%10cc(CCCCCCCCCCCC)cc%11c%12cc(CCCCCCCCCCCC)cc%13c(c2)c3c2c(c45)c(c67)c(c89)c(c%11%10)c2c%13%12)cc1. The molecule has 0 heterocycles. The van der Waals surface area contributed by atoms with Crippen LogP contribution in [0.2, 0.25) is 0 Å². The molecule has 0 aliphatic rings. The first-order valence-electron chi connectivity index (χ1n) is 54.0. The predicted molar refractivity (Wildman–Crippen MR) is 556 cm³/mol. The number of carbonyl (C=O) groups is 1. The van der Waals surface area contributed by atoms with Crippen LogP contribution in [0, 0.1) is 11.8 Å². The number of carbonyl (C=O) groups excluding carboxylic acids is 1. The highest BCUT2D eigenvalue weighted by atomic mass is 16.5. The molecule has 14 aromatic rings. The van der Waals surface area contributed by atoms with Gasteiger partial charge < -0.3 is 4.74 Å². The van der Waals surface area contributed by atoms with Gasteiger partial charge in [-0.25, -0.2) is 4.79 Å². The van der Waals surface area contributed by atoms with Crippen molar-refractivity contribution in [2.75, 3.05) is 6.61 Å². The Morgan fingerprint density at radius 2 is 0.360 bits per heavy atom. The largest absolute Gasteiger partial charge is 0.462 e. The van der Waals surface area contributed by atoms with Gasteiger partial charge in [-0.05, 0) is 264 Å². The van der Waals surface area contributed by atoms with E-state index in [1.54, 1.807) is 10.9 Å². The van der Waals surface area contributed by atoms with Crippen molar-refractivity contribution in [1.82, 2.24) is 0 Å². The van der Waals surface area contributed by atoms with E-state index >= 15 is 0 Å². The number of unbranched alkanes of at least 4 members (excludes halogenated alkanes) is 54. The highest BCUT2D eigenvalue weighted by Gasteiger charge is 2.33. The number of hydrogen-bond acceptors (Lipinski definition) is 2. The van der Waals surface area contributed by atoms with E-state index in [2.05, 4.69) is 138 Å². The smallest absolute Gasteiger partial charge is 0.338 e. The molecule has 14 rings (SSSR count). The minimum absolute atomic E-state index is 0.233. The summed E-state index contributed by atoms with van der Waals surface area (Å²) >= 11 is 0. The number of esters is 1. The highest BCUT2D eigenvalue weighted by molar-refractivity contribution is 6.61. The third-order valence-electron chi connectivity index (χ3n) is 30.2. The van der Waals surface area contributed by atoms with Gasteiger partial charge >= 0.3 is 5.97 Å². The fraction of sp³-hybridized carbons (Fsp3) is 0.585. The Kier molecular flexibility index (Phi) is 37.6. The zero-order valence-corrected chi connectivity index (χ0v) is 80.2. The summed E-state index contributed by atoms with van der Waals surface area (Å²) in [6.07, 6.45) is 85.4. The van der Waals surface area contributed by atoms with Gasteiger partial charge in [-0.2, -0.15) is 0 Å². The second-order valence-electron chi connectivity index (χ2n) is 40.3. The third kappa shape index (κ3) is 24.1. The Bertz CT molecular complexity index is 5280. The standard InChI is InChI=1S/C123H166O2/c1-7-13-19-25-31-37-43-49-55-61-67-92-79-99-101-81-93(68-62-56-50-44-38-32-26-20-14-8-2)83-103-105-85-95(70-64-58-52-46-40-34-28-22-16-10-4)87-107-109-89-97(73-72-91-74-76-98(77-75-91)123(124)125-78-66-60-54-48-42-36-30-24-18-12-6)90-110-108-88-96(71-65-59-53-47-41-35-29-23-17-11-5)86-106-104-84-94(69-63-57-51-45-39-33-27-21-15-9-3)82-102-100(80-92)111(99)117-118(112(101)103)120(114(105)107)122(116(109)110)121(115(106)108)119(117)113(102)104/h74-77,79-90H,7-71,78H2,1-6H3. The summed E-state index contributed by atoms with van der Waals surface area (Å²) < 4.78 is 5.93. The fourth-order valence-electron chi connectivity index (χ4n) is 23.1. The third-order valence-corrected chi connectivity index (χ3v) is 30.2. The molecule has 670 valence electrons. The molecule has 0 bridgehead atoms. The Morgan fingerprint density at radius 1 is 0.192 bits per heavy atom. The van der Waals surface area contributed by atoms with Gasteiger partial charge in [-0.1, -0.05) is 461 Å². The first kappa shape index (κ1) is 93.9. The first-order chi connectivity index (χ1) is 61.9. The molecule has 0 saturated heterocycles. The number of ether oxygens (including phenoxy) is 1. The monoisotopic (exact) mass is 1680 g/mol. The molecule has 0 unspecified atom stereocenters. The van der Waals surface area contributed by atoms with Crippen molar-refractivity contribution in [2.24, 2.45) is 0 Å². The average Bonchev–Trinajstić information content (AvgIpc) is 0.641. The summed E-state index contributed by atoms with van der Waals surface area (Å²) in [5, 5.41) is 35.6. The van der Waals surface area contributed by atoms with E-state index in [9.17, 15) is 4.79 Å². The van der Waals surface area contributed by atoms with Crippen molar-refractivity contribution in [3.63, 3.8) is 0 Å². The van der Waals surface area contributed by atoms with E-state index in [-0.39, 0.29) is 5.97 Å². The van der Waals surface area contributed by atoms with Crippen molar-refractivity contribution in [2.45, 2.75) is 459 Å². The zero-order chi connectivity index (χ0) is 86.2. The summed E-state index contributed by atoms with van der Waals surface area (Å²) in [7, 11) is 0. The van der Waals surface area contributed by atoms with Crippen molar-refractivity contribution < 1.29 is 9.53 Å². The number of fused-ring (bicyclic) bond motifs is 6. The van der Waals surface area contributed by atoms with Crippen LogP contribution < -0.4 is 0 Å². The van der Waals surface area contributed by atoms with E-state index in [1.165, 1.54) is 519 Å². The Labute approximate surface area is 758 Å². The molecule has 14 aromatic carbocycles. The van der Waals surface area contributed by atoms with E-state index in [0.717, 1.165) is 56.1 Å². The summed E-state index contributed by atoms with van der Waals surface area (Å²) in [5.41, 5.74) is 10.2. The van der Waals surface area contributed by atoms with Crippen molar-refractivity contribution in [1.29, 1.82) is 0 Å². The lowest BCUT2D eigenvalue weighted by Crippen LogP contribution is -2.06. The Balaban J connectivity index is 0.952. The van der Waals surface area contributed by atoms with Gasteiger partial charge in [0.15, 0.2) is 0 Å². The second kappa shape index (κ2) is 50.1. The van der Waals surface area contributed by atoms with Gasteiger partial charge in [0, 0.05) is 11.1 Å². The number of benzene rings is 14. The maximum Gasteiger partial charge on any atom is 0.338 e. The predicted octanol–water partition coefficient (Wildman–Crippen LogP) is 39.9. The molecule has 2 heteroatoms. The number of rotatable bonds is 67. The van der Waals surface area contributed by atoms with Gasteiger partial charge in [-0.15, -0.1) is 0 Å². The normalized spacial score (nSPS) is 12.4. The molecular formula is C123H166O2. The summed E-state index contributed by atoms with van der Waals surface area (Å²) in [4.78, 5) is 13.7. The molecule has 0 atom stereocenters. The van der Waals surface area contributed by atoms with Crippen LogP contribution in [-0.2, 0) is 36.8 Å². The molecule has 125 heavy (non-hydrogen) atoms. The topological polar surface area (TPSA) is 26.3 Å². The quantitative estimate of drug-likeness (QED) is 0.0125. The molecule has 0 fully saturated rings. The summed E-state index contributed by atoms with van der Waals surface area (Å²) in [5.74, 6) is 7.44. The maximum absolute atomic E-state index is 13.7. The van der Waals surface area contributed by atoms with Gasteiger partial charge in [0.2, 0.25) is 0 Å². The van der Waals surface area contributed by atoms with Crippen LogP contribution in [0.4, 0.5) is 0 Å². The van der Waals surface area contributed by atoms with Crippen LogP contribution in [0.1, 0.15) is 476 Å².